The van der Waals surface area contributed by atoms with Gasteiger partial charge in [0, 0.05) is 17.7 Å². The van der Waals surface area contributed by atoms with Crippen molar-refractivity contribution in [2.45, 2.75) is 6.92 Å². The second-order valence-corrected chi connectivity index (χ2v) is 5.63. The number of rotatable bonds is 8. The van der Waals surface area contributed by atoms with Gasteiger partial charge in [-0.2, -0.15) is 9.97 Å². The number of allylic oxidation sites excluding steroid dienone is 4. The zero-order valence-corrected chi connectivity index (χ0v) is 15.5. The Hall–Kier alpha value is -2.70. The Morgan fingerprint density at radius 2 is 2.15 bits per heavy atom. The predicted octanol–water partition coefficient (Wildman–Crippen LogP) is 3.55. The topological polar surface area (TPSA) is 80.2 Å². The van der Waals surface area contributed by atoms with Gasteiger partial charge in [0.15, 0.2) is 11.6 Å². The average molecular weight is 373 g/mol. The summed E-state index contributed by atoms with van der Waals surface area (Å²) in [7, 11) is 1.85. The van der Waals surface area contributed by atoms with Gasteiger partial charge in [0.25, 0.3) is 0 Å². The van der Waals surface area contributed by atoms with Crippen molar-refractivity contribution in [3.8, 4) is 23.1 Å². The molecule has 1 heterocycles. The molecule has 0 fully saturated rings. The van der Waals surface area contributed by atoms with Gasteiger partial charge < -0.3 is 15.2 Å². The molecule has 0 spiro atoms. The first-order chi connectivity index (χ1) is 12.5. The number of hydrogen-bond acceptors (Lipinski definition) is 6. The Kier molecular flexibility index (Phi) is 7.32. The molecule has 0 unspecified atom stereocenters. The van der Waals surface area contributed by atoms with Gasteiger partial charge in [-0.05, 0) is 32.2 Å². The molecule has 0 atom stereocenters. The molecule has 0 bridgehead atoms. The summed E-state index contributed by atoms with van der Waals surface area (Å²) < 4.78 is 5.48. The Labute approximate surface area is 157 Å². The van der Waals surface area contributed by atoms with Gasteiger partial charge in [0.1, 0.15) is 5.75 Å². The van der Waals surface area contributed by atoms with E-state index in [1.165, 1.54) is 0 Å². The van der Waals surface area contributed by atoms with E-state index in [0.717, 1.165) is 6.54 Å². The van der Waals surface area contributed by atoms with Crippen LogP contribution in [-0.4, -0.2) is 40.3 Å². The van der Waals surface area contributed by atoms with E-state index in [1.807, 2.05) is 38.2 Å². The smallest absolute Gasteiger partial charge is 0.318 e. The zero-order valence-electron chi connectivity index (χ0n) is 14.7. The molecule has 7 heteroatoms. The average Bonchev–Trinajstić information content (AvgIpc) is 2.64. The minimum atomic E-state index is -0.400. The normalized spacial score (nSPS) is 11.7. The van der Waals surface area contributed by atoms with Crippen LogP contribution in [0.25, 0.3) is 17.0 Å². The van der Waals surface area contributed by atoms with E-state index in [9.17, 15) is 5.11 Å². The molecule has 0 radical (unpaired) electrons. The maximum atomic E-state index is 9.89. The van der Waals surface area contributed by atoms with Crippen LogP contribution in [0.1, 0.15) is 12.7 Å². The number of likely N-dealkylation sites (N-methyl/N-ethyl adjacent to an activating group) is 1. The molecule has 2 rings (SSSR count). The first-order valence-electron chi connectivity index (χ1n) is 8.10. The molecule has 136 valence electrons. The Morgan fingerprint density at radius 3 is 2.88 bits per heavy atom. The quantitative estimate of drug-likeness (QED) is 0.690. The third-order valence-corrected chi connectivity index (χ3v) is 3.64. The highest BCUT2D eigenvalue weighted by Gasteiger charge is 2.13. The summed E-state index contributed by atoms with van der Waals surface area (Å²) in [5, 5.41) is 13.2. The minimum Gasteiger partial charge on any atom is -0.494 e. The first-order valence-corrected chi connectivity index (χ1v) is 8.47. The van der Waals surface area contributed by atoms with Gasteiger partial charge >= 0.3 is 6.01 Å². The van der Waals surface area contributed by atoms with E-state index in [2.05, 4.69) is 26.8 Å². The number of hydrogen-bond donors (Lipinski definition) is 2. The second-order valence-electron chi connectivity index (χ2n) is 5.22. The highest BCUT2D eigenvalue weighted by Crippen LogP contribution is 2.26. The molecule has 6 nitrogen and oxygen atoms in total. The van der Waals surface area contributed by atoms with Crippen LogP contribution in [0.2, 0.25) is 0 Å². The van der Waals surface area contributed by atoms with E-state index >= 15 is 0 Å². The first kappa shape index (κ1) is 19.6. The zero-order chi connectivity index (χ0) is 18.9. The van der Waals surface area contributed by atoms with Gasteiger partial charge in [-0.15, -0.1) is 0 Å². The number of nitrogens with zero attached hydrogens (tertiary/aromatic N) is 3. The third-order valence-electron chi connectivity index (χ3n) is 3.29. The van der Waals surface area contributed by atoms with Crippen LogP contribution in [0.5, 0.6) is 11.8 Å². The van der Waals surface area contributed by atoms with Crippen molar-refractivity contribution in [1.82, 2.24) is 20.3 Å². The van der Waals surface area contributed by atoms with Crippen molar-refractivity contribution in [3.05, 3.63) is 59.9 Å². The van der Waals surface area contributed by atoms with Crippen molar-refractivity contribution in [2.24, 2.45) is 0 Å². The van der Waals surface area contributed by atoms with Crippen molar-refractivity contribution in [2.75, 3.05) is 20.2 Å². The lowest BCUT2D eigenvalue weighted by atomic mass is 10.2. The lowest BCUT2D eigenvalue weighted by molar-refractivity contribution is 0.340. The summed E-state index contributed by atoms with van der Waals surface area (Å²) in [6.45, 7) is 7.09. The predicted molar refractivity (Wildman–Crippen MR) is 104 cm³/mol. The van der Waals surface area contributed by atoms with Crippen LogP contribution in [0.3, 0.4) is 0 Å². The van der Waals surface area contributed by atoms with Crippen molar-refractivity contribution < 1.29 is 9.84 Å². The number of nitrogens with one attached hydrogen (secondary N) is 1. The lowest BCUT2D eigenvalue weighted by Crippen LogP contribution is -2.03. The number of halogens is 1. The van der Waals surface area contributed by atoms with Crippen molar-refractivity contribution in [1.29, 1.82) is 0 Å². The summed E-state index contributed by atoms with van der Waals surface area (Å²) in [4.78, 5) is 12.3. The number of ether oxygens (including phenoxy) is 1. The molecular formula is C19H21ClN4O2. The summed E-state index contributed by atoms with van der Waals surface area (Å²) >= 11 is 6.25. The standard InChI is InChI=1S/C19H21ClN4O2/c1-4-26-15-9-7-8-14(12-15)18-22-17(23-19(25)24-18)13(2)16(20)10-5-6-11-21-3/h5-10,12,21H,2,4,11H2,1,3H3,(H,22,23,24,25)/b6-5+,16-10+. The maximum Gasteiger partial charge on any atom is 0.318 e. The molecule has 2 aromatic rings. The molecular weight excluding hydrogens is 352 g/mol. The van der Waals surface area contributed by atoms with Gasteiger partial charge in [0.2, 0.25) is 0 Å². The Balaban J connectivity index is 2.32. The second kappa shape index (κ2) is 9.70. The van der Waals surface area contributed by atoms with E-state index in [0.29, 0.717) is 34.3 Å². The maximum absolute atomic E-state index is 9.89. The van der Waals surface area contributed by atoms with Crippen LogP contribution < -0.4 is 10.1 Å². The molecule has 0 amide bonds. The Morgan fingerprint density at radius 1 is 1.35 bits per heavy atom. The van der Waals surface area contributed by atoms with Gasteiger partial charge in [0.05, 0.1) is 11.6 Å². The summed E-state index contributed by atoms with van der Waals surface area (Å²) in [6.07, 6.45) is 5.40. The number of aromatic nitrogens is 3. The van der Waals surface area contributed by atoms with Crippen LogP contribution in [0.4, 0.5) is 0 Å². The SMILES string of the molecule is C=C(/C(Cl)=C\C=C\CNC)c1nc(O)nc(-c2cccc(OCC)c2)n1. The number of benzene rings is 1. The van der Waals surface area contributed by atoms with E-state index < -0.39 is 6.01 Å². The van der Waals surface area contributed by atoms with Crippen LogP contribution in [0.15, 0.2) is 54.1 Å². The Bertz CT molecular complexity index is 834. The lowest BCUT2D eigenvalue weighted by Gasteiger charge is -2.08. The summed E-state index contributed by atoms with van der Waals surface area (Å²) in [6, 6.07) is 6.88. The minimum absolute atomic E-state index is 0.206. The molecule has 26 heavy (non-hydrogen) atoms. The molecule has 2 N–H and O–H groups in total. The molecule has 0 saturated carbocycles. The fourth-order valence-electron chi connectivity index (χ4n) is 2.07. The molecule has 0 aliphatic rings. The third kappa shape index (κ3) is 5.40. The van der Waals surface area contributed by atoms with Gasteiger partial charge in [-0.25, -0.2) is 4.98 Å². The van der Waals surface area contributed by atoms with Crippen LogP contribution in [0, 0.1) is 0 Å². The van der Waals surface area contributed by atoms with E-state index in [-0.39, 0.29) is 5.82 Å². The van der Waals surface area contributed by atoms with Crippen LogP contribution >= 0.6 is 11.6 Å². The highest BCUT2D eigenvalue weighted by atomic mass is 35.5. The molecule has 1 aromatic heterocycles. The van der Waals surface area contributed by atoms with E-state index in [1.54, 1.807) is 18.2 Å². The largest absolute Gasteiger partial charge is 0.494 e. The summed E-state index contributed by atoms with van der Waals surface area (Å²) in [5.74, 6) is 1.21. The van der Waals surface area contributed by atoms with Gasteiger partial charge in [-0.1, -0.05) is 42.5 Å². The summed E-state index contributed by atoms with van der Waals surface area (Å²) in [5.41, 5.74) is 1.08. The highest BCUT2D eigenvalue weighted by molar-refractivity contribution is 6.36. The fourth-order valence-corrected chi connectivity index (χ4v) is 2.22. The van der Waals surface area contributed by atoms with Crippen molar-refractivity contribution >= 4 is 17.2 Å². The fraction of sp³-hybridized carbons (Fsp3) is 0.211. The molecule has 1 aromatic carbocycles. The van der Waals surface area contributed by atoms with Crippen LogP contribution in [-0.2, 0) is 0 Å². The molecule has 0 saturated heterocycles. The van der Waals surface area contributed by atoms with Crippen molar-refractivity contribution in [3.63, 3.8) is 0 Å². The molecule has 0 aliphatic heterocycles. The van der Waals surface area contributed by atoms with Gasteiger partial charge in [-0.3, -0.25) is 0 Å². The number of aromatic hydroxyl groups is 1. The monoisotopic (exact) mass is 372 g/mol. The molecule has 0 aliphatic carbocycles. The van der Waals surface area contributed by atoms with E-state index in [4.69, 9.17) is 16.3 Å².